The summed E-state index contributed by atoms with van der Waals surface area (Å²) in [5.74, 6) is -0.208. The minimum absolute atomic E-state index is 0.0816. The van der Waals surface area contributed by atoms with Crippen LogP contribution in [0.2, 0.25) is 0 Å². The molecule has 0 atom stereocenters. The zero-order valence-corrected chi connectivity index (χ0v) is 11.3. The Labute approximate surface area is 109 Å². The molecule has 0 aliphatic heterocycles. The molecule has 1 rings (SSSR count). The summed E-state index contributed by atoms with van der Waals surface area (Å²) in [5.41, 5.74) is 7.42. The van der Waals surface area contributed by atoms with E-state index in [9.17, 15) is 4.79 Å². The van der Waals surface area contributed by atoms with Gasteiger partial charge in [0.05, 0.1) is 6.10 Å². The molecule has 0 aliphatic carbocycles. The van der Waals surface area contributed by atoms with Crippen molar-refractivity contribution in [3.63, 3.8) is 0 Å². The van der Waals surface area contributed by atoms with Crippen LogP contribution in [0.4, 0.5) is 11.4 Å². The number of carbonyl (C=O) groups excluding carboxylic acids is 1. The van der Waals surface area contributed by atoms with E-state index in [1.165, 1.54) is 0 Å². The fourth-order valence-corrected chi connectivity index (χ4v) is 1.75. The van der Waals surface area contributed by atoms with Gasteiger partial charge in [-0.1, -0.05) is 13.0 Å². The third-order valence-electron chi connectivity index (χ3n) is 2.42. The van der Waals surface area contributed by atoms with Crippen molar-refractivity contribution in [3.05, 3.63) is 24.3 Å². The maximum absolute atomic E-state index is 11.7. The molecule has 0 heterocycles. The van der Waals surface area contributed by atoms with Crippen molar-refractivity contribution in [2.75, 3.05) is 23.7 Å². The van der Waals surface area contributed by atoms with E-state index in [2.05, 4.69) is 6.92 Å². The highest BCUT2D eigenvalue weighted by atomic mass is 16.5. The van der Waals surface area contributed by atoms with Gasteiger partial charge in [0.1, 0.15) is 6.54 Å². The number of hydrogen-bond acceptors (Lipinski definition) is 4. The number of rotatable bonds is 6. The predicted octanol–water partition coefficient (Wildman–Crippen LogP) is 2.44. The summed E-state index contributed by atoms with van der Waals surface area (Å²) in [4.78, 5) is 13.7. The van der Waals surface area contributed by atoms with E-state index in [0.717, 1.165) is 18.7 Å². The van der Waals surface area contributed by atoms with E-state index in [0.29, 0.717) is 5.69 Å². The van der Waals surface area contributed by atoms with Crippen LogP contribution in [0.5, 0.6) is 0 Å². The largest absolute Gasteiger partial charge is 0.462 e. The molecule has 100 valence electrons. The molecule has 0 saturated heterocycles. The van der Waals surface area contributed by atoms with Crippen molar-refractivity contribution < 1.29 is 9.53 Å². The highest BCUT2D eigenvalue weighted by Crippen LogP contribution is 2.17. The Kier molecular flexibility index (Phi) is 5.49. The van der Waals surface area contributed by atoms with Gasteiger partial charge in [0.25, 0.3) is 0 Å². The molecule has 4 heteroatoms. The maximum atomic E-state index is 11.7. The number of ether oxygens (including phenoxy) is 1. The van der Waals surface area contributed by atoms with Crippen LogP contribution >= 0.6 is 0 Å². The first kappa shape index (κ1) is 14.4. The lowest BCUT2D eigenvalue weighted by Gasteiger charge is -2.24. The Morgan fingerprint density at radius 1 is 1.44 bits per heavy atom. The Bertz CT molecular complexity index is 391. The van der Waals surface area contributed by atoms with Gasteiger partial charge in [-0.3, -0.25) is 4.79 Å². The molecule has 0 aliphatic rings. The van der Waals surface area contributed by atoms with Gasteiger partial charge in [-0.05, 0) is 38.5 Å². The Morgan fingerprint density at radius 2 is 2.17 bits per heavy atom. The minimum Gasteiger partial charge on any atom is -0.462 e. The molecule has 0 saturated carbocycles. The van der Waals surface area contributed by atoms with E-state index in [1.807, 2.05) is 43.0 Å². The first-order chi connectivity index (χ1) is 8.52. The van der Waals surface area contributed by atoms with Crippen LogP contribution in [0.15, 0.2) is 24.3 Å². The van der Waals surface area contributed by atoms with Crippen molar-refractivity contribution in [1.82, 2.24) is 0 Å². The molecule has 2 N–H and O–H groups in total. The molecule has 0 spiro atoms. The molecular weight excluding hydrogens is 228 g/mol. The SMILES string of the molecule is CCCN(CC(=O)OC(C)C)c1cccc(N)c1. The highest BCUT2D eigenvalue weighted by Gasteiger charge is 2.13. The third-order valence-corrected chi connectivity index (χ3v) is 2.42. The van der Waals surface area contributed by atoms with Crippen LogP contribution in [0.1, 0.15) is 27.2 Å². The maximum Gasteiger partial charge on any atom is 0.325 e. The van der Waals surface area contributed by atoms with E-state index >= 15 is 0 Å². The summed E-state index contributed by atoms with van der Waals surface area (Å²) >= 11 is 0. The highest BCUT2D eigenvalue weighted by molar-refractivity contribution is 5.76. The average Bonchev–Trinajstić information content (AvgIpc) is 2.27. The molecular formula is C14H22N2O2. The molecule has 0 unspecified atom stereocenters. The van der Waals surface area contributed by atoms with E-state index in [4.69, 9.17) is 10.5 Å². The number of nitrogens with zero attached hydrogens (tertiary/aromatic N) is 1. The third kappa shape index (κ3) is 4.65. The lowest BCUT2D eigenvalue weighted by Crippen LogP contribution is -2.32. The van der Waals surface area contributed by atoms with Gasteiger partial charge in [-0.25, -0.2) is 0 Å². The van der Waals surface area contributed by atoms with E-state index in [1.54, 1.807) is 0 Å². The minimum atomic E-state index is -0.208. The Morgan fingerprint density at radius 3 is 2.72 bits per heavy atom. The molecule has 1 aromatic rings. The number of nitrogen functional groups attached to an aromatic ring is 1. The van der Waals surface area contributed by atoms with Crippen molar-refractivity contribution in [3.8, 4) is 0 Å². The smallest absolute Gasteiger partial charge is 0.325 e. The lowest BCUT2D eigenvalue weighted by molar-refractivity contribution is -0.145. The number of hydrogen-bond donors (Lipinski definition) is 1. The monoisotopic (exact) mass is 250 g/mol. The van der Waals surface area contributed by atoms with Crippen molar-refractivity contribution >= 4 is 17.3 Å². The van der Waals surface area contributed by atoms with Crippen LogP contribution in [0.3, 0.4) is 0 Å². The zero-order valence-electron chi connectivity index (χ0n) is 11.3. The van der Waals surface area contributed by atoms with Crippen molar-refractivity contribution in [2.45, 2.75) is 33.3 Å². The number of benzene rings is 1. The second kappa shape index (κ2) is 6.89. The van der Waals surface area contributed by atoms with E-state index < -0.39 is 0 Å². The first-order valence-electron chi connectivity index (χ1n) is 6.33. The summed E-state index contributed by atoms with van der Waals surface area (Å²) in [6, 6.07) is 7.55. The standard InChI is InChI=1S/C14H22N2O2/c1-4-8-16(10-14(17)18-11(2)3)13-7-5-6-12(15)9-13/h5-7,9,11H,4,8,10,15H2,1-3H3. The molecule has 0 radical (unpaired) electrons. The van der Waals surface area contributed by atoms with Gasteiger partial charge in [-0.2, -0.15) is 0 Å². The average molecular weight is 250 g/mol. The fourth-order valence-electron chi connectivity index (χ4n) is 1.75. The van der Waals surface area contributed by atoms with Gasteiger partial charge in [0.15, 0.2) is 0 Å². The number of nitrogens with two attached hydrogens (primary N) is 1. The fraction of sp³-hybridized carbons (Fsp3) is 0.500. The van der Waals surface area contributed by atoms with Crippen molar-refractivity contribution in [2.24, 2.45) is 0 Å². The quantitative estimate of drug-likeness (QED) is 0.622. The Balaban J connectivity index is 2.73. The van der Waals surface area contributed by atoms with E-state index in [-0.39, 0.29) is 18.6 Å². The van der Waals surface area contributed by atoms with Crippen molar-refractivity contribution in [1.29, 1.82) is 0 Å². The number of anilines is 2. The first-order valence-corrected chi connectivity index (χ1v) is 6.33. The molecule has 0 aromatic heterocycles. The molecule has 18 heavy (non-hydrogen) atoms. The normalized spacial score (nSPS) is 10.4. The van der Waals surface area contributed by atoms with Crippen LogP contribution < -0.4 is 10.6 Å². The van der Waals surface area contributed by atoms with Crippen LogP contribution in [0, 0.1) is 0 Å². The summed E-state index contributed by atoms with van der Waals surface area (Å²) in [6.45, 7) is 6.84. The summed E-state index contributed by atoms with van der Waals surface area (Å²) in [6.07, 6.45) is 0.880. The van der Waals surface area contributed by atoms with Gasteiger partial charge >= 0.3 is 5.97 Å². The predicted molar refractivity (Wildman–Crippen MR) is 74.6 cm³/mol. The lowest BCUT2D eigenvalue weighted by atomic mass is 10.2. The molecule has 4 nitrogen and oxygen atoms in total. The van der Waals surface area contributed by atoms with Gasteiger partial charge in [0.2, 0.25) is 0 Å². The number of esters is 1. The van der Waals surface area contributed by atoms with Gasteiger partial charge in [0, 0.05) is 17.9 Å². The van der Waals surface area contributed by atoms with Gasteiger partial charge in [-0.15, -0.1) is 0 Å². The van der Waals surface area contributed by atoms with Crippen LogP contribution in [0.25, 0.3) is 0 Å². The van der Waals surface area contributed by atoms with Gasteiger partial charge < -0.3 is 15.4 Å². The molecule has 1 aromatic carbocycles. The summed E-state index contributed by atoms with van der Waals surface area (Å²) in [5, 5.41) is 0. The summed E-state index contributed by atoms with van der Waals surface area (Å²) < 4.78 is 5.17. The topological polar surface area (TPSA) is 55.6 Å². The molecule has 0 amide bonds. The Hall–Kier alpha value is -1.71. The molecule has 0 bridgehead atoms. The van der Waals surface area contributed by atoms with Crippen LogP contribution in [-0.4, -0.2) is 25.2 Å². The number of carbonyl (C=O) groups is 1. The van der Waals surface area contributed by atoms with Crippen LogP contribution in [-0.2, 0) is 9.53 Å². The second-order valence-corrected chi connectivity index (χ2v) is 4.56. The molecule has 0 fully saturated rings. The summed E-state index contributed by atoms with van der Waals surface area (Å²) in [7, 11) is 0. The zero-order chi connectivity index (χ0) is 13.5. The second-order valence-electron chi connectivity index (χ2n) is 4.56.